The first-order valence-electron chi connectivity index (χ1n) is 18.2. The van der Waals surface area contributed by atoms with Crippen LogP contribution < -0.4 is 10.4 Å². The van der Waals surface area contributed by atoms with Gasteiger partial charge < -0.3 is 0 Å². The van der Waals surface area contributed by atoms with Crippen molar-refractivity contribution in [3.05, 3.63) is 176 Å². The van der Waals surface area contributed by atoms with Gasteiger partial charge in [0.1, 0.15) is 8.07 Å². The molecule has 0 unspecified atom stereocenters. The molecule has 0 bridgehead atoms. The molecule has 0 spiro atoms. The number of hydrogen-bond donors (Lipinski definition) is 0. The van der Waals surface area contributed by atoms with E-state index in [1.165, 1.54) is 48.8 Å². The van der Waals surface area contributed by atoms with Gasteiger partial charge in [0.05, 0.1) is 0 Å². The summed E-state index contributed by atoms with van der Waals surface area (Å²) in [5, 5.41) is 7.84. The van der Waals surface area contributed by atoms with Gasteiger partial charge in [-0.05, 0) is 83.5 Å². The minimum Gasteiger partial charge on any atom is -0.208 e. The predicted octanol–water partition coefficient (Wildman–Crippen LogP) is 11.3. The molecule has 2 heterocycles. The summed E-state index contributed by atoms with van der Waals surface area (Å²) in [6.07, 6.45) is 0. The van der Waals surface area contributed by atoms with Crippen LogP contribution >= 0.6 is 0 Å². The summed E-state index contributed by atoms with van der Waals surface area (Å²) in [6.45, 7) is 4.93. The molecule has 3 nitrogen and oxygen atoms in total. The van der Waals surface area contributed by atoms with Gasteiger partial charge >= 0.3 is 0 Å². The molecule has 1 aliphatic heterocycles. The third kappa shape index (κ3) is 5.30. The lowest BCUT2D eigenvalue weighted by Gasteiger charge is -2.19. The van der Waals surface area contributed by atoms with Gasteiger partial charge in [-0.2, -0.15) is 0 Å². The Kier molecular flexibility index (Phi) is 7.27. The Morgan fingerprint density at radius 2 is 0.868 bits per heavy atom. The maximum atomic E-state index is 5.26. The fraction of sp³-hybridized carbons (Fsp3) is 0.0408. The minimum atomic E-state index is -1.90. The molecule has 0 fully saturated rings. The van der Waals surface area contributed by atoms with Crippen molar-refractivity contribution in [3.8, 4) is 67.5 Å². The van der Waals surface area contributed by atoms with E-state index in [-0.39, 0.29) is 0 Å². The van der Waals surface area contributed by atoms with Crippen LogP contribution in [0.4, 0.5) is 0 Å². The second-order valence-electron chi connectivity index (χ2n) is 14.5. The van der Waals surface area contributed by atoms with Crippen LogP contribution in [-0.2, 0) is 0 Å². The second-order valence-corrected chi connectivity index (χ2v) is 18.8. The highest BCUT2D eigenvalue weighted by atomic mass is 28.3. The van der Waals surface area contributed by atoms with E-state index in [0.29, 0.717) is 17.5 Å². The van der Waals surface area contributed by atoms with Gasteiger partial charge in [-0.1, -0.05) is 171 Å². The number of hydrogen-bond acceptors (Lipinski definition) is 3. The van der Waals surface area contributed by atoms with Crippen LogP contribution in [0.5, 0.6) is 0 Å². The summed E-state index contributed by atoms with van der Waals surface area (Å²) >= 11 is 0. The van der Waals surface area contributed by atoms with E-state index in [0.717, 1.165) is 33.2 Å². The second kappa shape index (κ2) is 12.3. The largest absolute Gasteiger partial charge is 0.208 e. The molecule has 0 N–H and O–H groups in total. The summed E-state index contributed by atoms with van der Waals surface area (Å²) in [5.74, 6) is 1.98. The van der Waals surface area contributed by atoms with Crippen LogP contribution in [0.2, 0.25) is 13.1 Å². The number of rotatable bonds is 5. The summed E-state index contributed by atoms with van der Waals surface area (Å²) in [6, 6.07) is 62.9. The van der Waals surface area contributed by atoms with Crippen molar-refractivity contribution in [1.29, 1.82) is 0 Å². The van der Waals surface area contributed by atoms with Gasteiger partial charge in [0.2, 0.25) is 0 Å². The molecule has 0 saturated heterocycles. The molecule has 0 atom stereocenters. The molecule has 1 aromatic heterocycles. The molecule has 1 aliphatic rings. The summed E-state index contributed by atoms with van der Waals surface area (Å²) in [4.78, 5) is 15.7. The molecule has 0 aliphatic carbocycles. The summed E-state index contributed by atoms with van der Waals surface area (Å²) in [7, 11) is -1.90. The fourth-order valence-corrected chi connectivity index (χ4v) is 11.2. The molecule has 250 valence electrons. The van der Waals surface area contributed by atoms with Gasteiger partial charge in [-0.15, -0.1) is 0 Å². The Hall–Kier alpha value is -6.49. The van der Waals surface area contributed by atoms with Crippen LogP contribution in [0.25, 0.3) is 89.1 Å². The van der Waals surface area contributed by atoms with E-state index in [1.807, 2.05) is 6.07 Å². The molecular weight excluding hydrogens is 659 g/mol. The maximum Gasteiger partial charge on any atom is 0.164 e. The van der Waals surface area contributed by atoms with Crippen molar-refractivity contribution in [2.45, 2.75) is 13.1 Å². The quantitative estimate of drug-likeness (QED) is 0.168. The zero-order chi connectivity index (χ0) is 35.5. The first kappa shape index (κ1) is 31.3. The van der Waals surface area contributed by atoms with Crippen molar-refractivity contribution in [1.82, 2.24) is 15.0 Å². The Labute approximate surface area is 310 Å². The average Bonchev–Trinajstić information content (AvgIpc) is 3.46. The number of benzene rings is 8. The normalized spacial score (nSPS) is 12.9. The topological polar surface area (TPSA) is 38.7 Å². The van der Waals surface area contributed by atoms with Crippen LogP contribution in [0.15, 0.2) is 176 Å². The maximum absolute atomic E-state index is 5.26. The number of fused-ring (bicyclic) bond motifs is 6. The van der Waals surface area contributed by atoms with Crippen LogP contribution in [0.1, 0.15) is 0 Å². The highest BCUT2D eigenvalue weighted by molar-refractivity contribution is 7.04. The monoisotopic (exact) mass is 693 g/mol. The Morgan fingerprint density at radius 3 is 1.62 bits per heavy atom. The molecule has 9 aromatic rings. The molecule has 4 heteroatoms. The average molecular weight is 694 g/mol. The lowest BCUT2D eigenvalue weighted by atomic mass is 9.96. The van der Waals surface area contributed by atoms with Crippen LogP contribution in [-0.4, -0.2) is 23.0 Å². The van der Waals surface area contributed by atoms with Gasteiger partial charge in [0.15, 0.2) is 17.5 Å². The highest BCUT2D eigenvalue weighted by Crippen LogP contribution is 2.38. The summed E-state index contributed by atoms with van der Waals surface area (Å²) < 4.78 is 0. The molecule has 8 aromatic carbocycles. The van der Waals surface area contributed by atoms with Crippen molar-refractivity contribution in [2.75, 3.05) is 0 Å². The predicted molar refractivity (Wildman–Crippen MR) is 224 cm³/mol. The van der Waals surface area contributed by atoms with E-state index in [2.05, 4.69) is 183 Å². The first-order chi connectivity index (χ1) is 26.0. The van der Waals surface area contributed by atoms with Gasteiger partial charge in [-0.3, -0.25) is 0 Å². The Balaban J connectivity index is 1.16. The molecule has 10 rings (SSSR count). The van der Waals surface area contributed by atoms with Crippen LogP contribution in [0.3, 0.4) is 0 Å². The van der Waals surface area contributed by atoms with Crippen molar-refractivity contribution in [3.63, 3.8) is 0 Å². The molecule has 0 radical (unpaired) electrons. The van der Waals surface area contributed by atoms with Gasteiger partial charge in [0.25, 0.3) is 0 Å². The molecular formula is C49H35N3Si. The number of nitrogens with zero attached hydrogens (tertiary/aromatic N) is 3. The van der Waals surface area contributed by atoms with Gasteiger partial charge in [0, 0.05) is 16.7 Å². The Bertz CT molecular complexity index is 2860. The fourth-order valence-electron chi connectivity index (χ4n) is 8.16. The minimum absolute atomic E-state index is 0.656. The Morgan fingerprint density at radius 1 is 0.340 bits per heavy atom. The third-order valence-corrected chi connectivity index (χ3v) is 14.5. The number of aromatic nitrogens is 3. The van der Waals surface area contributed by atoms with E-state index in [4.69, 9.17) is 15.0 Å². The smallest absolute Gasteiger partial charge is 0.164 e. The highest BCUT2D eigenvalue weighted by Gasteiger charge is 2.38. The standard InChI is InChI=1S/C49H35N3Si/c1-53(2)44-27-26-39(31-43(44)46-41-19-10-9-17-34(41)25-28-45(46)53)48-50-47(51-49(52-48)42-20-12-11-18-40(42)33-15-7-4-8-16-33)38-24-23-36-29-35(21-22-37(36)30-38)32-13-5-3-6-14-32/h3-31H,1-2H3. The van der Waals surface area contributed by atoms with Crippen molar-refractivity contribution < 1.29 is 0 Å². The van der Waals surface area contributed by atoms with Crippen molar-refractivity contribution >= 4 is 40.0 Å². The molecule has 0 amide bonds. The van der Waals surface area contributed by atoms with Gasteiger partial charge in [-0.25, -0.2) is 15.0 Å². The molecule has 53 heavy (non-hydrogen) atoms. The van der Waals surface area contributed by atoms with E-state index in [1.54, 1.807) is 0 Å². The lowest BCUT2D eigenvalue weighted by Crippen LogP contribution is -2.49. The summed E-state index contributed by atoms with van der Waals surface area (Å²) in [5.41, 5.74) is 10.2. The van der Waals surface area contributed by atoms with Crippen LogP contribution in [0, 0.1) is 0 Å². The third-order valence-electron chi connectivity index (χ3n) is 10.9. The van der Waals surface area contributed by atoms with E-state index >= 15 is 0 Å². The van der Waals surface area contributed by atoms with E-state index in [9.17, 15) is 0 Å². The SMILES string of the molecule is C[Si]1(C)c2ccc(-c3nc(-c4ccc5cc(-c6ccccc6)ccc5c4)nc(-c4ccccc4-c4ccccc4)n3)cc2-c2c1ccc1ccccc21. The zero-order valence-electron chi connectivity index (χ0n) is 29.6. The van der Waals surface area contributed by atoms with Crippen molar-refractivity contribution in [2.24, 2.45) is 0 Å². The lowest BCUT2D eigenvalue weighted by molar-refractivity contribution is 1.08. The molecule has 0 saturated carbocycles. The first-order valence-corrected chi connectivity index (χ1v) is 21.2. The zero-order valence-corrected chi connectivity index (χ0v) is 30.6. The van der Waals surface area contributed by atoms with E-state index < -0.39 is 8.07 Å².